The monoisotopic (exact) mass is 324 g/mol. The van der Waals surface area contributed by atoms with Crippen LogP contribution in [-0.4, -0.2) is 0 Å². The molecular formula is C22H25Cl. The minimum Gasteiger partial charge on any atom is -0.0840 e. The Bertz CT molecular complexity index is 736. The van der Waals surface area contributed by atoms with Crippen LogP contribution in [0.5, 0.6) is 0 Å². The average molecular weight is 325 g/mol. The van der Waals surface area contributed by atoms with Crippen LogP contribution in [0.3, 0.4) is 0 Å². The number of hydrogen-bond acceptors (Lipinski definition) is 0. The smallest absolute Gasteiger partial charge is 0.0446 e. The van der Waals surface area contributed by atoms with E-state index in [9.17, 15) is 0 Å². The molecule has 0 amide bonds. The highest BCUT2D eigenvalue weighted by Gasteiger charge is 2.25. The summed E-state index contributed by atoms with van der Waals surface area (Å²) < 4.78 is 0. The molecule has 0 radical (unpaired) electrons. The van der Waals surface area contributed by atoms with Crippen LogP contribution < -0.4 is 0 Å². The molecule has 3 rings (SSSR count). The summed E-state index contributed by atoms with van der Waals surface area (Å²) in [6, 6.07) is 6.65. The van der Waals surface area contributed by atoms with Gasteiger partial charge in [-0.25, -0.2) is 0 Å². The van der Waals surface area contributed by atoms with Crippen LogP contribution in [-0.2, 0) is 5.41 Å². The second kappa shape index (κ2) is 6.17. The lowest BCUT2D eigenvalue weighted by Gasteiger charge is -2.23. The molecule has 0 N–H and O–H groups in total. The summed E-state index contributed by atoms with van der Waals surface area (Å²) in [6.45, 7) is 8.84. The fraction of sp³-hybridized carbons (Fsp3) is 0.364. The predicted octanol–water partition coefficient (Wildman–Crippen LogP) is 6.88. The summed E-state index contributed by atoms with van der Waals surface area (Å²) >= 11 is 6.61. The Morgan fingerprint density at radius 3 is 2.61 bits per heavy atom. The fourth-order valence-electron chi connectivity index (χ4n) is 3.44. The van der Waals surface area contributed by atoms with E-state index in [0.717, 1.165) is 17.9 Å². The van der Waals surface area contributed by atoms with Crippen LogP contribution in [0.4, 0.5) is 0 Å². The van der Waals surface area contributed by atoms with E-state index in [1.165, 1.54) is 27.8 Å². The van der Waals surface area contributed by atoms with Crippen LogP contribution in [0.2, 0.25) is 5.02 Å². The third-order valence-electron chi connectivity index (χ3n) is 4.79. The van der Waals surface area contributed by atoms with Gasteiger partial charge in [0.2, 0.25) is 0 Å². The summed E-state index contributed by atoms with van der Waals surface area (Å²) in [5, 5.41) is 0.885. The van der Waals surface area contributed by atoms with Crippen molar-refractivity contribution >= 4 is 11.6 Å². The summed E-state index contributed by atoms with van der Waals surface area (Å²) in [6.07, 6.45) is 13.5. The number of rotatable bonds is 2. The maximum atomic E-state index is 6.61. The molecule has 0 bridgehead atoms. The normalized spacial score (nSPS) is 20.6. The molecule has 1 aromatic rings. The van der Waals surface area contributed by atoms with E-state index in [0.29, 0.717) is 5.92 Å². The summed E-state index contributed by atoms with van der Waals surface area (Å²) in [4.78, 5) is 0. The minimum atomic E-state index is 0.0770. The Labute approximate surface area is 145 Å². The van der Waals surface area contributed by atoms with Gasteiger partial charge < -0.3 is 0 Å². The maximum Gasteiger partial charge on any atom is 0.0446 e. The van der Waals surface area contributed by atoms with Crippen molar-refractivity contribution in [2.24, 2.45) is 0 Å². The van der Waals surface area contributed by atoms with Crippen molar-refractivity contribution in [3.8, 4) is 0 Å². The first-order valence-electron chi connectivity index (χ1n) is 8.49. The first-order chi connectivity index (χ1) is 10.9. The summed E-state index contributed by atoms with van der Waals surface area (Å²) in [5.74, 6) is 0.395. The van der Waals surface area contributed by atoms with Gasteiger partial charge in [-0.1, -0.05) is 81.8 Å². The first kappa shape index (κ1) is 16.3. The number of halogens is 1. The lowest BCUT2D eigenvalue weighted by atomic mass is 9.82. The lowest BCUT2D eigenvalue weighted by molar-refractivity contribution is 0.590. The molecule has 0 nitrogen and oxygen atoms in total. The molecule has 0 saturated heterocycles. The van der Waals surface area contributed by atoms with Crippen molar-refractivity contribution in [1.82, 2.24) is 0 Å². The van der Waals surface area contributed by atoms with Crippen LogP contribution >= 0.6 is 11.6 Å². The zero-order valence-corrected chi connectivity index (χ0v) is 15.2. The zero-order valence-electron chi connectivity index (χ0n) is 14.5. The first-order valence-corrected chi connectivity index (χ1v) is 8.87. The molecule has 0 aromatic heterocycles. The molecule has 2 aliphatic rings. The fourth-order valence-corrected chi connectivity index (χ4v) is 3.92. The molecule has 0 saturated carbocycles. The van der Waals surface area contributed by atoms with Gasteiger partial charge in [-0.05, 0) is 52.2 Å². The molecule has 0 fully saturated rings. The Morgan fingerprint density at radius 1 is 1.17 bits per heavy atom. The van der Waals surface area contributed by atoms with Gasteiger partial charge in [-0.2, -0.15) is 0 Å². The third-order valence-corrected chi connectivity index (χ3v) is 5.10. The van der Waals surface area contributed by atoms with Crippen molar-refractivity contribution in [2.45, 2.75) is 51.9 Å². The molecule has 2 aliphatic carbocycles. The Kier molecular flexibility index (Phi) is 4.38. The highest BCUT2D eigenvalue weighted by Crippen LogP contribution is 2.42. The van der Waals surface area contributed by atoms with Crippen molar-refractivity contribution in [3.63, 3.8) is 0 Å². The second-order valence-electron chi connectivity index (χ2n) is 7.50. The Hall–Kier alpha value is -1.53. The summed E-state index contributed by atoms with van der Waals surface area (Å²) in [5.41, 5.74) is 6.83. The van der Waals surface area contributed by atoms with Crippen molar-refractivity contribution < 1.29 is 0 Å². The molecule has 0 aliphatic heterocycles. The highest BCUT2D eigenvalue weighted by molar-refractivity contribution is 6.31. The number of benzene rings is 1. The zero-order chi connectivity index (χ0) is 16.6. The quantitative estimate of drug-likeness (QED) is 0.556. The molecule has 120 valence electrons. The van der Waals surface area contributed by atoms with E-state index < -0.39 is 0 Å². The molecule has 0 heterocycles. The van der Waals surface area contributed by atoms with Crippen LogP contribution in [0.25, 0.3) is 0 Å². The lowest BCUT2D eigenvalue weighted by Crippen LogP contribution is -2.12. The molecule has 1 unspecified atom stereocenters. The van der Waals surface area contributed by atoms with E-state index in [2.05, 4.69) is 76.3 Å². The van der Waals surface area contributed by atoms with E-state index in [1.807, 2.05) is 0 Å². The van der Waals surface area contributed by atoms with Crippen LogP contribution in [0, 0.1) is 0 Å². The third kappa shape index (κ3) is 3.23. The second-order valence-corrected chi connectivity index (χ2v) is 7.91. The topological polar surface area (TPSA) is 0 Å². The predicted molar refractivity (Wildman–Crippen MR) is 101 cm³/mol. The van der Waals surface area contributed by atoms with Crippen LogP contribution in [0.1, 0.15) is 57.6 Å². The Morgan fingerprint density at radius 2 is 1.96 bits per heavy atom. The van der Waals surface area contributed by atoms with E-state index >= 15 is 0 Å². The van der Waals surface area contributed by atoms with Gasteiger partial charge >= 0.3 is 0 Å². The van der Waals surface area contributed by atoms with Gasteiger partial charge in [0.05, 0.1) is 0 Å². The summed E-state index contributed by atoms with van der Waals surface area (Å²) in [7, 11) is 0. The van der Waals surface area contributed by atoms with Gasteiger partial charge in [0.25, 0.3) is 0 Å². The van der Waals surface area contributed by atoms with E-state index in [4.69, 9.17) is 11.6 Å². The number of hydrogen-bond donors (Lipinski definition) is 0. The standard InChI is InChI=1S/C22H25Cl/c1-5-15-12-16-8-6-7-9-18(19(16)13-15)17-10-11-20(21(23)14-17)22(2,3)4/h6-8,10-14,18H,5,9H2,1-4H3. The van der Waals surface area contributed by atoms with Crippen molar-refractivity contribution in [1.29, 1.82) is 0 Å². The average Bonchev–Trinajstić information content (AvgIpc) is 2.79. The van der Waals surface area contributed by atoms with Gasteiger partial charge in [0.1, 0.15) is 0 Å². The van der Waals surface area contributed by atoms with E-state index in [1.54, 1.807) is 0 Å². The molecule has 23 heavy (non-hydrogen) atoms. The van der Waals surface area contributed by atoms with E-state index in [-0.39, 0.29) is 5.41 Å². The van der Waals surface area contributed by atoms with Gasteiger partial charge in [0.15, 0.2) is 0 Å². The van der Waals surface area contributed by atoms with Crippen molar-refractivity contribution in [2.75, 3.05) is 0 Å². The number of allylic oxidation sites excluding steroid dienone is 8. The van der Waals surface area contributed by atoms with Gasteiger partial charge in [-0.15, -0.1) is 0 Å². The largest absolute Gasteiger partial charge is 0.0840 e. The van der Waals surface area contributed by atoms with Gasteiger partial charge in [0, 0.05) is 10.9 Å². The van der Waals surface area contributed by atoms with Gasteiger partial charge in [-0.3, -0.25) is 0 Å². The minimum absolute atomic E-state index is 0.0770. The molecule has 1 heteroatoms. The highest BCUT2D eigenvalue weighted by atomic mass is 35.5. The SMILES string of the molecule is CCC1=CC2=CC=CCC(c3ccc(C(C)(C)C)c(Cl)c3)C2=C1. The maximum absolute atomic E-state index is 6.61. The molecule has 1 atom stereocenters. The number of fused-ring (bicyclic) bond motifs is 1. The molecule has 1 aromatic carbocycles. The molecule has 0 spiro atoms. The Balaban J connectivity index is 2.00. The molecular weight excluding hydrogens is 300 g/mol. The van der Waals surface area contributed by atoms with Crippen LogP contribution in [0.15, 0.2) is 65.3 Å². The van der Waals surface area contributed by atoms with Crippen molar-refractivity contribution in [3.05, 3.63) is 81.4 Å².